The molecule has 0 amide bonds. The highest BCUT2D eigenvalue weighted by Crippen LogP contribution is 2.48. The Bertz CT molecular complexity index is 1820. The van der Waals surface area contributed by atoms with Gasteiger partial charge in [-0.3, -0.25) is 19.8 Å². The van der Waals surface area contributed by atoms with Gasteiger partial charge < -0.3 is 18.9 Å². The molecule has 0 aliphatic carbocycles. The number of carbonyl (C=O) groups excluding carboxylic acids is 2. The number of aromatic nitrogens is 4. The van der Waals surface area contributed by atoms with Gasteiger partial charge in [-0.15, -0.1) is 0 Å². The van der Waals surface area contributed by atoms with Crippen LogP contribution in [-0.4, -0.2) is 77.4 Å². The van der Waals surface area contributed by atoms with Crippen molar-refractivity contribution in [2.45, 2.75) is 100 Å². The van der Waals surface area contributed by atoms with Crippen LogP contribution in [0.1, 0.15) is 62.5 Å². The van der Waals surface area contributed by atoms with E-state index in [9.17, 15) is 9.59 Å². The van der Waals surface area contributed by atoms with Gasteiger partial charge in [0, 0.05) is 125 Å². The number of fused-ring (bicyclic) bond motifs is 4. The van der Waals surface area contributed by atoms with E-state index in [4.69, 9.17) is 42.1 Å². The van der Waals surface area contributed by atoms with E-state index >= 15 is 0 Å². The molecule has 8 rings (SSSR count). The van der Waals surface area contributed by atoms with E-state index in [0.29, 0.717) is 60.6 Å². The molecule has 14 heteroatoms. The van der Waals surface area contributed by atoms with Crippen molar-refractivity contribution < 1.29 is 28.5 Å². The van der Waals surface area contributed by atoms with Crippen LogP contribution in [0.2, 0.25) is 10.0 Å². The SMILES string of the molecule is O=C(/C=C/C(=O)OC12CCC(CC(Oc3ccc(Cl)cn3)C1)N2Cc1cccnc1)OC12CCC(CC(Oc3ccc(Cl)cn3)C1)N2Cc1cccnc1. The second kappa shape index (κ2) is 15.6. The van der Waals surface area contributed by atoms with Crippen LogP contribution in [-0.2, 0) is 32.2 Å². The minimum Gasteiger partial charge on any atom is -0.474 e. The molecular weight excluding hydrogens is 731 g/mol. The molecule has 54 heavy (non-hydrogen) atoms. The van der Waals surface area contributed by atoms with Crippen LogP contribution in [0.15, 0.2) is 97.9 Å². The van der Waals surface area contributed by atoms with Gasteiger partial charge in [-0.2, -0.15) is 0 Å². The molecule has 0 N–H and O–H groups in total. The zero-order valence-corrected chi connectivity index (χ0v) is 31.0. The highest BCUT2D eigenvalue weighted by atomic mass is 35.5. The number of halogens is 2. The maximum atomic E-state index is 13.7. The lowest BCUT2D eigenvalue weighted by atomic mass is 9.95. The maximum absolute atomic E-state index is 13.7. The zero-order chi connectivity index (χ0) is 37.1. The summed E-state index contributed by atoms with van der Waals surface area (Å²) in [5, 5.41) is 1.04. The summed E-state index contributed by atoms with van der Waals surface area (Å²) in [7, 11) is 0. The lowest BCUT2D eigenvalue weighted by Gasteiger charge is -2.46. The van der Waals surface area contributed by atoms with E-state index in [1.165, 1.54) is 12.2 Å². The Morgan fingerprint density at radius 2 is 1.15 bits per heavy atom. The number of piperidine rings is 2. The Balaban J connectivity index is 0.984. The van der Waals surface area contributed by atoms with Crippen LogP contribution < -0.4 is 9.47 Å². The first-order valence-corrected chi connectivity index (χ1v) is 19.0. The number of carbonyl (C=O) groups is 2. The van der Waals surface area contributed by atoms with Crippen LogP contribution in [0.3, 0.4) is 0 Å². The Labute approximate surface area is 323 Å². The molecule has 8 heterocycles. The molecule has 4 aliphatic rings. The van der Waals surface area contributed by atoms with Crippen molar-refractivity contribution >= 4 is 35.1 Å². The molecule has 4 bridgehead atoms. The van der Waals surface area contributed by atoms with E-state index < -0.39 is 23.4 Å². The summed E-state index contributed by atoms with van der Waals surface area (Å²) < 4.78 is 25.2. The molecule has 4 aromatic rings. The fraction of sp³-hybridized carbons (Fsp3) is 0.400. The first-order valence-electron chi connectivity index (χ1n) is 18.3. The third kappa shape index (κ3) is 8.07. The van der Waals surface area contributed by atoms with Gasteiger partial charge in [0.1, 0.15) is 12.2 Å². The van der Waals surface area contributed by atoms with E-state index in [-0.39, 0.29) is 24.3 Å². The predicted molar refractivity (Wildman–Crippen MR) is 198 cm³/mol. The summed E-state index contributed by atoms with van der Waals surface area (Å²) in [5.74, 6) is -0.359. The molecule has 4 aromatic heterocycles. The molecule has 6 atom stereocenters. The molecule has 6 unspecified atom stereocenters. The first-order chi connectivity index (χ1) is 26.2. The molecule has 280 valence electrons. The second-order valence-corrected chi connectivity index (χ2v) is 15.3. The van der Waals surface area contributed by atoms with Gasteiger partial charge >= 0.3 is 11.9 Å². The molecule has 0 aromatic carbocycles. The summed E-state index contributed by atoms with van der Waals surface area (Å²) in [5.41, 5.74) is 0.106. The lowest BCUT2D eigenvalue weighted by molar-refractivity contribution is -0.196. The Morgan fingerprint density at radius 1 is 0.685 bits per heavy atom. The fourth-order valence-corrected chi connectivity index (χ4v) is 8.88. The Morgan fingerprint density at radius 3 is 1.54 bits per heavy atom. The van der Waals surface area contributed by atoms with Crippen LogP contribution in [0.5, 0.6) is 11.8 Å². The number of ether oxygens (including phenoxy) is 4. The third-order valence-electron chi connectivity index (χ3n) is 10.9. The predicted octanol–water partition coefficient (Wildman–Crippen LogP) is 6.72. The van der Waals surface area contributed by atoms with Crippen LogP contribution in [0.4, 0.5) is 0 Å². The zero-order valence-electron chi connectivity index (χ0n) is 29.5. The maximum Gasteiger partial charge on any atom is 0.332 e. The van der Waals surface area contributed by atoms with Gasteiger partial charge in [0.2, 0.25) is 11.8 Å². The van der Waals surface area contributed by atoms with E-state index in [0.717, 1.165) is 36.8 Å². The molecule has 0 spiro atoms. The van der Waals surface area contributed by atoms with Crippen molar-refractivity contribution in [1.82, 2.24) is 29.7 Å². The smallest absolute Gasteiger partial charge is 0.332 e. The van der Waals surface area contributed by atoms with Gasteiger partial charge in [0.15, 0.2) is 11.4 Å². The topological polar surface area (TPSA) is 129 Å². The monoisotopic (exact) mass is 770 g/mol. The van der Waals surface area contributed by atoms with Crippen molar-refractivity contribution in [2.24, 2.45) is 0 Å². The van der Waals surface area contributed by atoms with E-state index in [1.807, 2.05) is 36.7 Å². The highest BCUT2D eigenvalue weighted by Gasteiger charge is 2.56. The molecular formula is C40H40Cl2N6O6. The van der Waals surface area contributed by atoms with Crippen molar-refractivity contribution in [3.63, 3.8) is 0 Å². The number of hydrogen-bond acceptors (Lipinski definition) is 12. The van der Waals surface area contributed by atoms with Gasteiger partial charge in [-0.1, -0.05) is 35.3 Å². The Kier molecular flexibility index (Phi) is 10.5. The molecule has 0 radical (unpaired) electrons. The lowest BCUT2D eigenvalue weighted by Crippen LogP contribution is -2.57. The quantitative estimate of drug-likeness (QED) is 0.112. The summed E-state index contributed by atoms with van der Waals surface area (Å²) in [6.07, 6.45) is 17.2. The minimum absolute atomic E-state index is 0.0998. The van der Waals surface area contributed by atoms with Gasteiger partial charge in [0.25, 0.3) is 0 Å². The van der Waals surface area contributed by atoms with Crippen LogP contribution >= 0.6 is 23.2 Å². The Hall–Kier alpha value is -4.62. The van der Waals surface area contributed by atoms with Crippen molar-refractivity contribution in [3.8, 4) is 11.8 Å². The highest BCUT2D eigenvalue weighted by molar-refractivity contribution is 6.30. The second-order valence-electron chi connectivity index (χ2n) is 14.4. The number of nitrogens with zero attached hydrogens (tertiary/aromatic N) is 6. The summed E-state index contributed by atoms with van der Waals surface area (Å²) in [6, 6.07) is 14.9. The minimum atomic E-state index is -0.956. The van der Waals surface area contributed by atoms with Crippen LogP contribution in [0.25, 0.3) is 0 Å². The van der Waals surface area contributed by atoms with Crippen LogP contribution in [0, 0.1) is 0 Å². The van der Waals surface area contributed by atoms with Crippen molar-refractivity contribution in [1.29, 1.82) is 0 Å². The normalized spacial score (nSPS) is 27.8. The standard InChI is InChI=1S/C40H40Cl2N6O6/c41-29-5-7-35(45-23-29)51-33-17-31-11-13-39(19-33,47(31)25-27-3-1-15-43-21-27)53-37(49)9-10-38(50)54-40-14-12-32(48(40)26-28-4-2-16-44-22-28)18-34(20-40)52-36-8-6-30(42)24-46-36/h1-10,15-16,21-24,31-34H,11-14,17-20,25-26H2/b10-9+. The summed E-state index contributed by atoms with van der Waals surface area (Å²) in [6.45, 7) is 1.10. The average Bonchev–Trinajstić information content (AvgIpc) is 3.48. The molecule has 4 fully saturated rings. The summed E-state index contributed by atoms with van der Waals surface area (Å²) in [4.78, 5) is 49.0. The van der Waals surface area contributed by atoms with Gasteiger partial charge in [-0.25, -0.2) is 19.6 Å². The third-order valence-corrected chi connectivity index (χ3v) is 11.3. The van der Waals surface area contributed by atoms with E-state index in [1.54, 1.807) is 49.1 Å². The fourth-order valence-electron chi connectivity index (χ4n) is 8.65. The largest absolute Gasteiger partial charge is 0.474 e. The van der Waals surface area contributed by atoms with Gasteiger partial charge in [-0.05, 0) is 48.2 Å². The number of rotatable bonds is 12. The molecule has 12 nitrogen and oxygen atoms in total. The van der Waals surface area contributed by atoms with E-state index in [2.05, 4.69) is 29.7 Å². The van der Waals surface area contributed by atoms with Crippen molar-refractivity contribution in [3.05, 3.63) is 119 Å². The molecule has 4 aliphatic heterocycles. The first kappa shape index (κ1) is 36.4. The van der Waals surface area contributed by atoms with Crippen molar-refractivity contribution in [2.75, 3.05) is 0 Å². The average molecular weight is 772 g/mol. The number of hydrogen-bond donors (Lipinski definition) is 0. The van der Waals surface area contributed by atoms with Gasteiger partial charge in [0.05, 0.1) is 10.0 Å². The molecule has 4 saturated heterocycles. The summed E-state index contributed by atoms with van der Waals surface area (Å²) >= 11 is 12.1. The number of esters is 2. The molecule has 0 saturated carbocycles. The number of pyridine rings is 4.